The van der Waals surface area contributed by atoms with Crippen molar-refractivity contribution in [1.29, 1.82) is 0 Å². The molecule has 1 saturated heterocycles. The van der Waals surface area contributed by atoms with Crippen LogP contribution in [0.25, 0.3) is 21.8 Å². The Bertz CT molecular complexity index is 1060. The molecule has 0 bridgehead atoms. The van der Waals surface area contributed by atoms with Crippen LogP contribution in [0, 0.1) is 0 Å². The van der Waals surface area contributed by atoms with Crippen LogP contribution in [0.2, 0.25) is 0 Å². The molecule has 3 aromatic rings. The van der Waals surface area contributed by atoms with Gasteiger partial charge < -0.3 is 9.88 Å². The fraction of sp³-hybridized carbons (Fsp3) is 0.250. The standard InChI is InChI=1S/C20H20N4O2S/c1-2-24-17-6-4-3-5-15(17)16-11-13(7-8-18(16)24)21-19(25)20(26)23-22-14-9-10-27-12-14/h3-8,11H,2,9-10,12H2,1H3,(H,21,25)(H,23,26). The van der Waals surface area contributed by atoms with Crippen molar-refractivity contribution in [2.75, 3.05) is 16.8 Å². The fourth-order valence-electron chi connectivity index (χ4n) is 3.38. The van der Waals surface area contributed by atoms with Crippen molar-refractivity contribution in [2.24, 2.45) is 5.10 Å². The third-order valence-electron chi connectivity index (χ3n) is 4.67. The summed E-state index contributed by atoms with van der Waals surface area (Å²) in [6.45, 7) is 2.97. The number of nitrogens with one attached hydrogen (secondary N) is 2. The molecule has 1 fully saturated rings. The van der Waals surface area contributed by atoms with Crippen LogP contribution in [0.15, 0.2) is 47.6 Å². The Labute approximate surface area is 161 Å². The Kier molecular flexibility index (Phi) is 4.85. The highest BCUT2D eigenvalue weighted by Crippen LogP contribution is 2.30. The van der Waals surface area contributed by atoms with Gasteiger partial charge in [0.05, 0.1) is 0 Å². The minimum absolute atomic E-state index is 0.589. The van der Waals surface area contributed by atoms with Gasteiger partial charge in [0.1, 0.15) is 0 Å². The van der Waals surface area contributed by atoms with Gasteiger partial charge in [-0.05, 0) is 43.4 Å². The lowest BCUT2D eigenvalue weighted by Gasteiger charge is -2.06. The molecular weight excluding hydrogens is 360 g/mol. The van der Waals surface area contributed by atoms with Crippen molar-refractivity contribution in [3.05, 3.63) is 42.5 Å². The lowest BCUT2D eigenvalue weighted by atomic mass is 10.1. The molecule has 27 heavy (non-hydrogen) atoms. The summed E-state index contributed by atoms with van der Waals surface area (Å²) in [6, 6.07) is 13.9. The van der Waals surface area contributed by atoms with E-state index in [0.717, 1.165) is 52.0 Å². The number of benzene rings is 2. The minimum atomic E-state index is -0.754. The Morgan fingerprint density at radius 1 is 1.11 bits per heavy atom. The molecule has 0 atom stereocenters. The summed E-state index contributed by atoms with van der Waals surface area (Å²) in [7, 11) is 0. The molecule has 0 spiro atoms. The van der Waals surface area contributed by atoms with Crippen molar-refractivity contribution < 1.29 is 9.59 Å². The number of para-hydroxylation sites is 1. The molecule has 2 aromatic carbocycles. The van der Waals surface area contributed by atoms with E-state index < -0.39 is 11.8 Å². The number of hydrazone groups is 1. The second kappa shape index (κ2) is 7.44. The average Bonchev–Trinajstić information content (AvgIpc) is 3.31. The van der Waals surface area contributed by atoms with E-state index in [1.54, 1.807) is 11.8 Å². The molecule has 1 aliphatic heterocycles. The zero-order chi connectivity index (χ0) is 18.8. The topological polar surface area (TPSA) is 75.5 Å². The van der Waals surface area contributed by atoms with Crippen LogP contribution in [0.3, 0.4) is 0 Å². The number of rotatable bonds is 3. The number of aromatic nitrogens is 1. The Morgan fingerprint density at radius 3 is 2.70 bits per heavy atom. The van der Waals surface area contributed by atoms with E-state index >= 15 is 0 Å². The van der Waals surface area contributed by atoms with Crippen LogP contribution in [-0.2, 0) is 16.1 Å². The number of nitrogens with zero attached hydrogens (tertiary/aromatic N) is 2. The normalized spacial score (nSPS) is 15.5. The maximum atomic E-state index is 12.2. The van der Waals surface area contributed by atoms with Gasteiger partial charge in [0.15, 0.2) is 0 Å². The van der Waals surface area contributed by atoms with Crippen molar-refractivity contribution >= 4 is 56.8 Å². The van der Waals surface area contributed by atoms with E-state index in [-0.39, 0.29) is 0 Å². The molecule has 7 heteroatoms. The van der Waals surface area contributed by atoms with Gasteiger partial charge in [0.25, 0.3) is 0 Å². The monoisotopic (exact) mass is 380 g/mol. The second-order valence-electron chi connectivity index (χ2n) is 6.37. The molecule has 0 aliphatic carbocycles. The lowest BCUT2D eigenvalue weighted by Crippen LogP contribution is -2.33. The minimum Gasteiger partial charge on any atom is -0.341 e. The number of carbonyl (C=O) groups excluding carboxylic acids is 2. The molecular formula is C20H20N4O2S. The molecule has 138 valence electrons. The van der Waals surface area contributed by atoms with Gasteiger partial charge in [-0.3, -0.25) is 9.59 Å². The van der Waals surface area contributed by atoms with Gasteiger partial charge in [0.2, 0.25) is 0 Å². The number of hydrogen-bond acceptors (Lipinski definition) is 4. The van der Waals surface area contributed by atoms with Crippen molar-refractivity contribution in [3.8, 4) is 0 Å². The summed E-state index contributed by atoms with van der Waals surface area (Å²) in [5.74, 6) is 0.339. The molecule has 1 aromatic heterocycles. The molecule has 0 saturated carbocycles. The van der Waals surface area contributed by atoms with Crippen LogP contribution in [0.5, 0.6) is 0 Å². The SMILES string of the molecule is CCn1c2ccccc2c2cc(NC(=O)C(=O)NN=C3CCSC3)ccc21. The van der Waals surface area contributed by atoms with E-state index in [0.29, 0.717) is 5.69 Å². The highest BCUT2D eigenvalue weighted by molar-refractivity contribution is 8.00. The predicted molar refractivity (Wildman–Crippen MR) is 111 cm³/mol. The smallest absolute Gasteiger partial charge is 0.329 e. The van der Waals surface area contributed by atoms with Gasteiger partial charge in [-0.1, -0.05) is 18.2 Å². The second-order valence-corrected chi connectivity index (χ2v) is 7.47. The molecule has 1 aliphatic rings. The number of thioether (sulfide) groups is 1. The number of amides is 2. The van der Waals surface area contributed by atoms with Gasteiger partial charge >= 0.3 is 11.8 Å². The van der Waals surface area contributed by atoms with Gasteiger partial charge in [-0.25, -0.2) is 5.43 Å². The van der Waals surface area contributed by atoms with Gasteiger partial charge in [-0.15, -0.1) is 0 Å². The third-order valence-corrected chi connectivity index (χ3v) is 5.70. The van der Waals surface area contributed by atoms with E-state index in [1.807, 2.05) is 30.3 Å². The number of hydrogen-bond donors (Lipinski definition) is 2. The average molecular weight is 380 g/mol. The van der Waals surface area contributed by atoms with Crippen molar-refractivity contribution in [2.45, 2.75) is 19.9 Å². The molecule has 2 amide bonds. The third kappa shape index (κ3) is 3.42. The maximum absolute atomic E-state index is 12.2. The first-order valence-electron chi connectivity index (χ1n) is 8.93. The number of aryl methyl sites for hydroxylation is 1. The molecule has 6 nitrogen and oxygen atoms in total. The lowest BCUT2D eigenvalue weighted by molar-refractivity contribution is -0.136. The highest BCUT2D eigenvalue weighted by Gasteiger charge is 2.16. The van der Waals surface area contributed by atoms with Crippen LogP contribution >= 0.6 is 11.8 Å². The van der Waals surface area contributed by atoms with Crippen LogP contribution in [-0.4, -0.2) is 33.6 Å². The number of fused-ring (bicyclic) bond motifs is 3. The predicted octanol–water partition coefficient (Wildman–Crippen LogP) is 3.36. The van der Waals surface area contributed by atoms with Crippen LogP contribution in [0.1, 0.15) is 13.3 Å². The molecule has 2 N–H and O–H groups in total. The van der Waals surface area contributed by atoms with Gasteiger partial charge in [0, 0.05) is 45.5 Å². The quantitative estimate of drug-likeness (QED) is 0.540. The molecule has 0 radical (unpaired) electrons. The first-order chi connectivity index (χ1) is 13.2. The Hall–Kier alpha value is -2.80. The summed E-state index contributed by atoms with van der Waals surface area (Å²) in [4.78, 5) is 24.2. The van der Waals surface area contributed by atoms with Gasteiger partial charge in [-0.2, -0.15) is 16.9 Å². The summed E-state index contributed by atoms with van der Waals surface area (Å²) in [6.07, 6.45) is 0.852. The summed E-state index contributed by atoms with van der Waals surface area (Å²) in [5, 5.41) is 8.86. The number of anilines is 1. The number of carbonyl (C=O) groups is 2. The molecule has 0 unspecified atom stereocenters. The Balaban J connectivity index is 1.57. The first kappa shape index (κ1) is 17.6. The summed E-state index contributed by atoms with van der Waals surface area (Å²) in [5.41, 5.74) is 6.10. The highest BCUT2D eigenvalue weighted by atomic mass is 32.2. The summed E-state index contributed by atoms with van der Waals surface area (Å²) < 4.78 is 2.23. The van der Waals surface area contributed by atoms with Crippen LogP contribution < -0.4 is 10.7 Å². The Morgan fingerprint density at radius 2 is 1.93 bits per heavy atom. The molecule has 4 rings (SSSR count). The van der Waals surface area contributed by atoms with E-state index in [9.17, 15) is 9.59 Å². The zero-order valence-electron chi connectivity index (χ0n) is 15.0. The fourth-order valence-corrected chi connectivity index (χ4v) is 4.35. The van der Waals surface area contributed by atoms with Crippen molar-refractivity contribution in [3.63, 3.8) is 0 Å². The maximum Gasteiger partial charge on any atom is 0.329 e. The van der Waals surface area contributed by atoms with Crippen molar-refractivity contribution in [1.82, 2.24) is 9.99 Å². The summed E-state index contributed by atoms with van der Waals surface area (Å²) >= 11 is 1.77. The van der Waals surface area contributed by atoms with E-state index in [2.05, 4.69) is 39.5 Å². The first-order valence-corrected chi connectivity index (χ1v) is 10.1. The van der Waals surface area contributed by atoms with E-state index in [1.165, 1.54) is 0 Å². The largest absolute Gasteiger partial charge is 0.341 e. The molecule has 2 heterocycles. The van der Waals surface area contributed by atoms with Crippen LogP contribution in [0.4, 0.5) is 5.69 Å². The van der Waals surface area contributed by atoms with E-state index in [4.69, 9.17) is 0 Å². The zero-order valence-corrected chi connectivity index (χ0v) is 15.8.